The molecule has 0 unspecified atom stereocenters. The second-order valence-electron chi connectivity index (χ2n) is 9.06. The molecule has 0 fully saturated rings. The molecule has 1 aromatic heterocycles. The van der Waals surface area contributed by atoms with Crippen LogP contribution in [0.25, 0.3) is 10.2 Å². The fourth-order valence-corrected chi connectivity index (χ4v) is 7.12. The van der Waals surface area contributed by atoms with Crippen molar-refractivity contribution in [2.45, 2.75) is 43.4 Å². The summed E-state index contributed by atoms with van der Waals surface area (Å²) in [6.45, 7) is 9.08. The van der Waals surface area contributed by atoms with E-state index < -0.39 is 19.9 Å². The van der Waals surface area contributed by atoms with Crippen LogP contribution >= 0.6 is 11.3 Å². The van der Waals surface area contributed by atoms with Crippen LogP contribution < -0.4 is 4.90 Å². The average Bonchev–Trinajstić information content (AvgIpc) is 3.32. The summed E-state index contributed by atoms with van der Waals surface area (Å²) < 4.78 is 52.4. The van der Waals surface area contributed by atoms with Crippen molar-refractivity contribution in [1.29, 1.82) is 0 Å². The lowest BCUT2D eigenvalue weighted by atomic mass is 10.2. The Kier molecular flexibility index (Phi) is 10.0. The van der Waals surface area contributed by atoms with Crippen molar-refractivity contribution < 1.29 is 21.6 Å². The molecule has 9 nitrogen and oxygen atoms in total. The first-order chi connectivity index (χ1) is 17.9. The van der Waals surface area contributed by atoms with Gasteiger partial charge in [0.15, 0.2) is 15.0 Å². The first kappa shape index (κ1) is 30.2. The second kappa shape index (κ2) is 12.6. The Morgan fingerprint density at radius 2 is 1.58 bits per heavy atom. The smallest absolute Gasteiger partial charge is 0.260 e. The zero-order chi connectivity index (χ0) is 28.1. The van der Waals surface area contributed by atoms with Crippen LogP contribution in [0, 0.1) is 0 Å². The molecule has 0 aliphatic heterocycles. The molecular formula is C26H36N4O5S3. The number of hydrogen-bond acceptors (Lipinski definition) is 8. The monoisotopic (exact) mass is 580 g/mol. The molecular weight excluding hydrogens is 545 g/mol. The number of anilines is 1. The Morgan fingerprint density at radius 1 is 0.921 bits per heavy atom. The topological polar surface area (TPSA) is 108 Å². The van der Waals surface area contributed by atoms with E-state index in [1.54, 1.807) is 24.1 Å². The van der Waals surface area contributed by atoms with Gasteiger partial charge >= 0.3 is 0 Å². The number of amides is 1. The fourth-order valence-electron chi connectivity index (χ4n) is 4.00. The highest BCUT2D eigenvalue weighted by Crippen LogP contribution is 2.33. The number of fused-ring (bicyclic) bond motifs is 1. The van der Waals surface area contributed by atoms with Gasteiger partial charge in [-0.05, 0) is 55.9 Å². The number of unbranched alkanes of at least 4 members (excludes halogenated alkanes) is 1. The van der Waals surface area contributed by atoms with Gasteiger partial charge < -0.3 is 4.90 Å². The highest BCUT2D eigenvalue weighted by molar-refractivity contribution is 7.91. The average molecular weight is 581 g/mol. The molecule has 1 heterocycles. The molecule has 0 spiro atoms. The Bertz CT molecular complexity index is 1460. The third-order valence-electron chi connectivity index (χ3n) is 6.42. The number of aromatic nitrogens is 1. The van der Waals surface area contributed by atoms with Crippen LogP contribution in [-0.2, 0) is 19.9 Å². The van der Waals surface area contributed by atoms with Crippen LogP contribution in [0.1, 0.15) is 44.0 Å². The number of likely N-dealkylation sites (N-methyl/N-ethyl adjacent to an activating group) is 1. The molecule has 3 aromatic rings. The summed E-state index contributed by atoms with van der Waals surface area (Å²) in [6, 6.07) is 10.9. The molecule has 3 rings (SSSR count). The molecule has 38 heavy (non-hydrogen) atoms. The van der Waals surface area contributed by atoms with E-state index in [1.807, 2.05) is 20.8 Å². The summed E-state index contributed by atoms with van der Waals surface area (Å²) in [4.78, 5) is 22.3. The summed E-state index contributed by atoms with van der Waals surface area (Å²) in [5.74, 6) is -0.333. The Hall–Kier alpha value is -2.38. The third-order valence-corrected chi connectivity index (χ3v) is 10.5. The second-order valence-corrected chi connectivity index (χ2v) is 14.1. The van der Waals surface area contributed by atoms with Crippen LogP contribution in [-0.4, -0.2) is 83.0 Å². The van der Waals surface area contributed by atoms with Crippen LogP contribution in [0.4, 0.5) is 5.13 Å². The van der Waals surface area contributed by atoms with Crippen molar-refractivity contribution in [2.75, 3.05) is 50.9 Å². The lowest BCUT2D eigenvalue weighted by Gasteiger charge is -2.25. The van der Waals surface area contributed by atoms with E-state index in [2.05, 4.69) is 9.88 Å². The number of thiazole rings is 1. The largest absolute Gasteiger partial charge is 0.302 e. The van der Waals surface area contributed by atoms with Gasteiger partial charge in [0.25, 0.3) is 5.91 Å². The number of rotatable bonds is 13. The summed E-state index contributed by atoms with van der Waals surface area (Å²) in [5, 5.41) is 0.393. The molecule has 12 heteroatoms. The molecule has 0 aliphatic rings. The van der Waals surface area contributed by atoms with E-state index >= 15 is 0 Å². The number of sulfone groups is 1. The first-order valence-electron chi connectivity index (χ1n) is 12.6. The van der Waals surface area contributed by atoms with Crippen molar-refractivity contribution in [3.05, 3.63) is 48.0 Å². The van der Waals surface area contributed by atoms with E-state index in [0.717, 1.165) is 32.2 Å². The number of carbonyl (C=O) groups is 1. The predicted molar refractivity (Wildman–Crippen MR) is 153 cm³/mol. The van der Waals surface area contributed by atoms with Crippen molar-refractivity contribution in [1.82, 2.24) is 14.2 Å². The van der Waals surface area contributed by atoms with Crippen molar-refractivity contribution in [3.63, 3.8) is 0 Å². The highest BCUT2D eigenvalue weighted by Gasteiger charge is 2.25. The van der Waals surface area contributed by atoms with E-state index in [-0.39, 0.29) is 15.7 Å². The molecule has 1 amide bonds. The fraction of sp³-hybridized carbons (Fsp3) is 0.462. The van der Waals surface area contributed by atoms with Crippen molar-refractivity contribution >= 4 is 52.5 Å². The number of hydrogen-bond donors (Lipinski definition) is 0. The molecule has 208 valence electrons. The van der Waals surface area contributed by atoms with E-state index in [1.165, 1.54) is 46.0 Å². The number of benzene rings is 2. The van der Waals surface area contributed by atoms with E-state index in [0.29, 0.717) is 40.5 Å². The van der Waals surface area contributed by atoms with Gasteiger partial charge in [-0.1, -0.05) is 44.6 Å². The van der Waals surface area contributed by atoms with Crippen LogP contribution in [0.5, 0.6) is 0 Å². The van der Waals surface area contributed by atoms with Crippen LogP contribution in [0.2, 0.25) is 0 Å². The first-order valence-corrected chi connectivity index (χ1v) is 16.8. The summed E-state index contributed by atoms with van der Waals surface area (Å²) in [5.41, 5.74) is 0.662. The number of sulfonamides is 1. The van der Waals surface area contributed by atoms with Crippen LogP contribution in [0.3, 0.4) is 0 Å². The minimum Gasteiger partial charge on any atom is -0.302 e. The minimum absolute atomic E-state index is 0.121. The highest BCUT2D eigenvalue weighted by atomic mass is 32.2. The van der Waals surface area contributed by atoms with Crippen molar-refractivity contribution in [2.24, 2.45) is 0 Å². The zero-order valence-corrected chi connectivity index (χ0v) is 25.0. The molecule has 0 N–H and O–H groups in total. The van der Waals surface area contributed by atoms with Crippen LogP contribution in [0.15, 0.2) is 52.3 Å². The third kappa shape index (κ3) is 6.78. The summed E-state index contributed by atoms with van der Waals surface area (Å²) in [7, 11) is -5.61. The summed E-state index contributed by atoms with van der Waals surface area (Å²) >= 11 is 1.25. The molecule has 0 saturated carbocycles. The Labute approximate surface area is 230 Å². The van der Waals surface area contributed by atoms with Gasteiger partial charge in [0.05, 0.1) is 14.5 Å². The van der Waals surface area contributed by atoms with Gasteiger partial charge in [-0.25, -0.2) is 26.1 Å². The number of carbonyl (C=O) groups excluding carboxylic acids is 1. The number of nitrogens with zero attached hydrogens (tertiary/aromatic N) is 4. The molecule has 2 aromatic carbocycles. The maximum absolute atomic E-state index is 13.7. The predicted octanol–water partition coefficient (Wildman–Crippen LogP) is 4.11. The molecule has 0 saturated heterocycles. The number of para-hydroxylation sites is 1. The Morgan fingerprint density at radius 3 is 2.16 bits per heavy atom. The van der Waals surface area contributed by atoms with Gasteiger partial charge in [0.1, 0.15) is 5.52 Å². The molecule has 0 atom stereocenters. The quantitative estimate of drug-likeness (QED) is 0.299. The van der Waals surface area contributed by atoms with Gasteiger partial charge in [0.2, 0.25) is 10.0 Å². The SMILES string of the molecule is CCCCN(C)S(=O)(=O)c1ccc(C(=O)N(CCN(CC)CC)c2nc3c(S(C)(=O)=O)cccc3s2)cc1. The van der Waals surface area contributed by atoms with Gasteiger partial charge in [0, 0.05) is 38.5 Å². The molecule has 0 radical (unpaired) electrons. The van der Waals surface area contributed by atoms with E-state index in [4.69, 9.17) is 0 Å². The van der Waals surface area contributed by atoms with Gasteiger partial charge in [-0.2, -0.15) is 0 Å². The lowest BCUT2D eigenvalue weighted by Crippen LogP contribution is -2.39. The standard InChI is InChI=1S/C26H36N4O5S3/c1-6-9-17-28(4)38(34,35)21-15-13-20(14-16-21)25(31)30(19-18-29(7-2)8-3)26-27-24-22(36-26)11-10-12-23(24)37(5,32)33/h10-16H,6-9,17-19H2,1-5H3. The van der Waals surface area contributed by atoms with Crippen molar-refractivity contribution in [3.8, 4) is 0 Å². The minimum atomic E-state index is -3.66. The Balaban J connectivity index is 1.99. The van der Waals surface area contributed by atoms with Gasteiger partial charge in [-0.15, -0.1) is 0 Å². The summed E-state index contributed by atoms with van der Waals surface area (Å²) in [6.07, 6.45) is 2.78. The van der Waals surface area contributed by atoms with E-state index in [9.17, 15) is 21.6 Å². The van der Waals surface area contributed by atoms with Gasteiger partial charge in [-0.3, -0.25) is 9.69 Å². The maximum Gasteiger partial charge on any atom is 0.260 e. The normalized spacial score (nSPS) is 12.5. The molecule has 0 bridgehead atoms. The maximum atomic E-state index is 13.7. The molecule has 0 aliphatic carbocycles. The zero-order valence-electron chi connectivity index (χ0n) is 22.5. The lowest BCUT2D eigenvalue weighted by molar-refractivity contribution is 0.0983.